The van der Waals surface area contributed by atoms with Gasteiger partial charge in [0.2, 0.25) is 0 Å². The van der Waals surface area contributed by atoms with Crippen LogP contribution in [0.25, 0.3) is 0 Å². The zero-order chi connectivity index (χ0) is 15.4. The topological polar surface area (TPSA) is 33.0 Å². The van der Waals surface area contributed by atoms with E-state index in [0.29, 0.717) is 23.3 Å². The molecule has 0 bridgehead atoms. The van der Waals surface area contributed by atoms with Crippen molar-refractivity contribution >= 4 is 11.8 Å². The summed E-state index contributed by atoms with van der Waals surface area (Å²) in [7, 11) is 0. The quantitative estimate of drug-likeness (QED) is 0.724. The summed E-state index contributed by atoms with van der Waals surface area (Å²) in [6.07, 6.45) is 5.85. The highest BCUT2D eigenvalue weighted by molar-refractivity contribution is 7.98. The molecule has 0 heterocycles. The average Bonchev–Trinajstić information content (AvgIpc) is 2.46. The highest BCUT2D eigenvalue weighted by Crippen LogP contribution is 2.37. The highest BCUT2D eigenvalue weighted by Gasteiger charge is 2.32. The van der Waals surface area contributed by atoms with Gasteiger partial charge < -0.3 is 4.74 Å². The van der Waals surface area contributed by atoms with Gasteiger partial charge in [0, 0.05) is 4.90 Å². The van der Waals surface area contributed by atoms with Crippen LogP contribution in [0.4, 0.5) is 0 Å². The summed E-state index contributed by atoms with van der Waals surface area (Å²) in [5.41, 5.74) is 0.686. The Morgan fingerprint density at radius 1 is 1.33 bits per heavy atom. The minimum absolute atomic E-state index is 0.234. The molecular formula is C18H25NOS. The molecule has 1 aliphatic rings. The Hall–Kier alpha value is -1.14. The molecule has 0 saturated heterocycles. The monoisotopic (exact) mass is 303 g/mol. The lowest BCUT2D eigenvalue weighted by Crippen LogP contribution is -2.36. The molecule has 0 aromatic heterocycles. The maximum Gasteiger partial charge on any atom is 0.138 e. The molecule has 1 aromatic carbocycles. The van der Waals surface area contributed by atoms with Crippen LogP contribution in [0.2, 0.25) is 0 Å². The molecule has 0 N–H and O–H groups in total. The van der Waals surface area contributed by atoms with Crippen molar-refractivity contribution in [1.82, 2.24) is 0 Å². The lowest BCUT2D eigenvalue weighted by atomic mass is 9.75. The van der Waals surface area contributed by atoms with Gasteiger partial charge in [-0.2, -0.15) is 5.26 Å². The third-order valence-corrected chi connectivity index (χ3v) is 5.34. The summed E-state index contributed by atoms with van der Waals surface area (Å²) in [6.45, 7) is 6.86. The minimum atomic E-state index is 0.234. The Morgan fingerprint density at radius 3 is 2.71 bits per heavy atom. The Kier molecular flexibility index (Phi) is 5.58. The molecule has 0 spiro atoms. The maximum absolute atomic E-state index is 9.44. The molecule has 3 unspecified atom stereocenters. The van der Waals surface area contributed by atoms with E-state index in [4.69, 9.17) is 4.74 Å². The molecule has 1 saturated carbocycles. The van der Waals surface area contributed by atoms with Gasteiger partial charge in [0.15, 0.2) is 0 Å². The highest BCUT2D eigenvalue weighted by atomic mass is 32.2. The van der Waals surface area contributed by atoms with Crippen LogP contribution in [-0.2, 0) is 0 Å². The molecule has 1 aromatic rings. The van der Waals surface area contributed by atoms with Gasteiger partial charge in [0.1, 0.15) is 23.5 Å². The number of benzene rings is 1. The largest absolute Gasteiger partial charge is 0.489 e. The predicted octanol–water partition coefficient (Wildman–Crippen LogP) is 5.12. The van der Waals surface area contributed by atoms with Crippen molar-refractivity contribution in [2.75, 3.05) is 6.26 Å². The predicted molar refractivity (Wildman–Crippen MR) is 88.7 cm³/mol. The first-order chi connectivity index (χ1) is 10.1. The molecule has 2 rings (SSSR count). The zero-order valence-corrected chi connectivity index (χ0v) is 14.2. The molecule has 3 heteroatoms. The van der Waals surface area contributed by atoms with Crippen molar-refractivity contribution in [2.24, 2.45) is 17.8 Å². The van der Waals surface area contributed by atoms with E-state index in [1.807, 2.05) is 24.5 Å². The van der Waals surface area contributed by atoms with Crippen LogP contribution in [0.5, 0.6) is 5.75 Å². The van der Waals surface area contributed by atoms with Crippen molar-refractivity contribution in [1.29, 1.82) is 5.26 Å². The lowest BCUT2D eigenvalue weighted by molar-refractivity contribution is 0.0456. The van der Waals surface area contributed by atoms with E-state index in [1.165, 1.54) is 12.8 Å². The van der Waals surface area contributed by atoms with Gasteiger partial charge in [-0.25, -0.2) is 0 Å². The van der Waals surface area contributed by atoms with Gasteiger partial charge in [-0.05, 0) is 49.0 Å². The minimum Gasteiger partial charge on any atom is -0.489 e. The normalized spacial score (nSPS) is 25.6. The summed E-state index contributed by atoms with van der Waals surface area (Å²) in [5, 5.41) is 9.44. The summed E-state index contributed by atoms with van der Waals surface area (Å²) in [6, 6.07) is 8.22. The molecule has 21 heavy (non-hydrogen) atoms. The van der Waals surface area contributed by atoms with Crippen LogP contribution < -0.4 is 4.74 Å². The van der Waals surface area contributed by atoms with Gasteiger partial charge in [0.25, 0.3) is 0 Å². The Labute approximate surface area is 132 Å². The Morgan fingerprint density at radius 2 is 2.10 bits per heavy atom. The number of hydrogen-bond acceptors (Lipinski definition) is 3. The number of nitriles is 1. The summed E-state index contributed by atoms with van der Waals surface area (Å²) in [5.74, 6) is 2.68. The van der Waals surface area contributed by atoms with Crippen LogP contribution in [0.1, 0.15) is 45.6 Å². The molecule has 1 aliphatic carbocycles. The van der Waals surface area contributed by atoms with E-state index in [0.717, 1.165) is 17.1 Å². The fraction of sp³-hybridized carbons (Fsp3) is 0.611. The second kappa shape index (κ2) is 7.22. The van der Waals surface area contributed by atoms with Crippen LogP contribution in [0, 0.1) is 29.1 Å². The third kappa shape index (κ3) is 3.74. The summed E-state index contributed by atoms with van der Waals surface area (Å²) < 4.78 is 6.33. The van der Waals surface area contributed by atoms with Crippen LogP contribution >= 0.6 is 11.8 Å². The molecule has 2 nitrogen and oxygen atoms in total. The first-order valence-electron chi connectivity index (χ1n) is 7.80. The molecular weight excluding hydrogens is 278 g/mol. The van der Waals surface area contributed by atoms with Gasteiger partial charge in [-0.3, -0.25) is 0 Å². The standard InChI is InChI=1S/C18H25NOS/c1-12(2)14-9-8-13(3)10-17(14)20-16-6-5-7-18(21-4)15(16)11-19/h5-7,12-14,17H,8-10H2,1-4H3. The van der Waals surface area contributed by atoms with Gasteiger partial charge >= 0.3 is 0 Å². The van der Waals surface area contributed by atoms with E-state index < -0.39 is 0 Å². The van der Waals surface area contributed by atoms with Crippen molar-refractivity contribution in [3.63, 3.8) is 0 Å². The average molecular weight is 303 g/mol. The van der Waals surface area contributed by atoms with E-state index in [2.05, 4.69) is 26.8 Å². The first-order valence-corrected chi connectivity index (χ1v) is 9.03. The maximum atomic E-state index is 9.44. The first kappa shape index (κ1) is 16.2. The second-order valence-electron chi connectivity index (χ2n) is 6.43. The van der Waals surface area contributed by atoms with Gasteiger partial charge in [-0.15, -0.1) is 11.8 Å². The number of thioether (sulfide) groups is 1. The van der Waals surface area contributed by atoms with E-state index >= 15 is 0 Å². The molecule has 114 valence electrons. The van der Waals surface area contributed by atoms with Crippen LogP contribution in [0.15, 0.2) is 23.1 Å². The fourth-order valence-electron chi connectivity index (χ4n) is 3.30. The van der Waals surface area contributed by atoms with E-state index in [9.17, 15) is 5.26 Å². The molecule has 3 atom stereocenters. The number of ether oxygens (including phenoxy) is 1. The van der Waals surface area contributed by atoms with E-state index in [-0.39, 0.29) is 6.10 Å². The van der Waals surface area contributed by atoms with Crippen LogP contribution in [-0.4, -0.2) is 12.4 Å². The lowest BCUT2D eigenvalue weighted by Gasteiger charge is -2.37. The molecule has 0 amide bonds. The summed E-state index contributed by atoms with van der Waals surface area (Å²) >= 11 is 1.60. The Balaban J connectivity index is 2.25. The molecule has 0 aliphatic heterocycles. The third-order valence-electron chi connectivity index (χ3n) is 4.56. The number of nitrogens with zero attached hydrogens (tertiary/aromatic N) is 1. The number of rotatable bonds is 4. The second-order valence-corrected chi connectivity index (χ2v) is 7.28. The van der Waals surface area contributed by atoms with Crippen molar-refractivity contribution in [2.45, 2.75) is 51.0 Å². The zero-order valence-electron chi connectivity index (χ0n) is 13.4. The SMILES string of the molecule is CSc1cccc(OC2CC(C)CCC2C(C)C)c1C#N. The molecule has 1 fully saturated rings. The van der Waals surface area contributed by atoms with Gasteiger partial charge in [0.05, 0.1) is 0 Å². The smallest absolute Gasteiger partial charge is 0.138 e. The van der Waals surface area contributed by atoms with Crippen molar-refractivity contribution in [3.05, 3.63) is 23.8 Å². The van der Waals surface area contributed by atoms with E-state index in [1.54, 1.807) is 11.8 Å². The molecule has 0 radical (unpaired) electrons. The van der Waals surface area contributed by atoms with Crippen LogP contribution in [0.3, 0.4) is 0 Å². The van der Waals surface area contributed by atoms with Gasteiger partial charge in [-0.1, -0.05) is 33.3 Å². The Bertz CT molecular complexity index is 520. The number of hydrogen-bond donors (Lipinski definition) is 0. The summed E-state index contributed by atoms with van der Waals surface area (Å²) in [4.78, 5) is 1.000. The van der Waals surface area contributed by atoms with Crippen molar-refractivity contribution < 1.29 is 4.74 Å². The van der Waals surface area contributed by atoms with Crippen molar-refractivity contribution in [3.8, 4) is 11.8 Å². The fourth-order valence-corrected chi connectivity index (χ4v) is 3.87.